The van der Waals surface area contributed by atoms with Crippen LogP contribution in [0.4, 0.5) is 0 Å². The molecule has 20 heavy (non-hydrogen) atoms. The molecule has 1 aromatic heterocycles. The maximum absolute atomic E-state index is 11.7. The molecule has 1 heterocycles. The highest BCUT2D eigenvalue weighted by Crippen LogP contribution is 2.22. The summed E-state index contributed by atoms with van der Waals surface area (Å²) in [6, 6.07) is 2.87. The monoisotopic (exact) mass is 315 g/mol. The highest BCUT2D eigenvalue weighted by Gasteiger charge is 2.22. The van der Waals surface area contributed by atoms with Gasteiger partial charge in [0.15, 0.2) is 0 Å². The molecule has 0 saturated heterocycles. The molecular weight excluding hydrogens is 298 g/mol. The fourth-order valence-electron chi connectivity index (χ4n) is 1.29. The summed E-state index contributed by atoms with van der Waals surface area (Å²) in [7, 11) is 0. The predicted molar refractivity (Wildman–Crippen MR) is 81.8 cm³/mol. The van der Waals surface area contributed by atoms with Gasteiger partial charge in [-0.3, -0.25) is 4.79 Å². The van der Waals surface area contributed by atoms with Crippen molar-refractivity contribution >= 4 is 40.9 Å². The molecule has 1 aromatic rings. The molecule has 1 amide bonds. The Morgan fingerprint density at radius 3 is 2.55 bits per heavy atom. The van der Waals surface area contributed by atoms with E-state index in [0.717, 1.165) is 4.88 Å². The summed E-state index contributed by atoms with van der Waals surface area (Å²) in [6.07, 6.45) is 3.01. The standard InChI is InChI=1S/C14H18ClNO3S/c1-9(13(18)19-14(2,3)4)16-12(17)8-6-10-5-7-11(15)20-10/h5-9H,1-4H3,(H,16,17)/b8-6+/t9-/m0/s1. The van der Waals surface area contributed by atoms with E-state index < -0.39 is 17.6 Å². The number of carbonyl (C=O) groups excluding carboxylic acids is 2. The molecule has 110 valence electrons. The van der Waals surface area contributed by atoms with E-state index in [1.54, 1.807) is 39.8 Å². The number of thiophene rings is 1. The first-order chi connectivity index (χ1) is 9.17. The van der Waals surface area contributed by atoms with Gasteiger partial charge in [0.2, 0.25) is 5.91 Å². The van der Waals surface area contributed by atoms with Gasteiger partial charge in [-0.05, 0) is 45.9 Å². The normalized spacial score (nSPS) is 13.2. The van der Waals surface area contributed by atoms with Gasteiger partial charge >= 0.3 is 5.97 Å². The van der Waals surface area contributed by atoms with Crippen LogP contribution in [0.25, 0.3) is 6.08 Å². The summed E-state index contributed by atoms with van der Waals surface area (Å²) in [5, 5.41) is 2.55. The van der Waals surface area contributed by atoms with Gasteiger partial charge in [-0.25, -0.2) is 4.79 Å². The molecule has 0 saturated carbocycles. The highest BCUT2D eigenvalue weighted by molar-refractivity contribution is 7.17. The Hall–Kier alpha value is -1.33. The lowest BCUT2D eigenvalue weighted by atomic mass is 10.2. The second kappa shape index (κ2) is 6.90. The summed E-state index contributed by atoms with van der Waals surface area (Å²) < 4.78 is 5.83. The molecule has 0 unspecified atom stereocenters. The number of nitrogens with one attached hydrogen (secondary N) is 1. The minimum absolute atomic E-state index is 0.354. The van der Waals surface area contributed by atoms with Gasteiger partial charge in [0.05, 0.1) is 4.34 Å². The lowest BCUT2D eigenvalue weighted by Gasteiger charge is -2.22. The maximum atomic E-state index is 11.7. The molecule has 6 heteroatoms. The average molecular weight is 316 g/mol. The van der Waals surface area contributed by atoms with Crippen molar-refractivity contribution in [1.29, 1.82) is 0 Å². The Kier molecular flexibility index (Phi) is 5.77. The zero-order valence-electron chi connectivity index (χ0n) is 11.9. The van der Waals surface area contributed by atoms with Crippen LogP contribution in [0.15, 0.2) is 18.2 Å². The van der Waals surface area contributed by atoms with Gasteiger partial charge in [-0.1, -0.05) is 11.6 Å². The first kappa shape index (κ1) is 16.7. The molecular formula is C14H18ClNO3S. The van der Waals surface area contributed by atoms with Crippen LogP contribution < -0.4 is 5.32 Å². The molecule has 0 aliphatic rings. The minimum Gasteiger partial charge on any atom is -0.458 e. The summed E-state index contributed by atoms with van der Waals surface area (Å²) in [6.45, 7) is 6.92. The van der Waals surface area contributed by atoms with Gasteiger partial charge < -0.3 is 10.1 Å². The van der Waals surface area contributed by atoms with Crippen molar-refractivity contribution in [3.8, 4) is 0 Å². The lowest BCUT2D eigenvalue weighted by molar-refractivity contribution is -0.157. The summed E-state index contributed by atoms with van der Waals surface area (Å²) in [4.78, 5) is 24.2. The topological polar surface area (TPSA) is 55.4 Å². The van der Waals surface area contributed by atoms with Crippen molar-refractivity contribution in [3.63, 3.8) is 0 Å². The highest BCUT2D eigenvalue weighted by atomic mass is 35.5. The SMILES string of the molecule is C[C@H](NC(=O)/C=C/c1ccc(Cl)s1)C(=O)OC(C)(C)C. The average Bonchev–Trinajstić information content (AvgIpc) is 2.70. The van der Waals surface area contributed by atoms with E-state index in [1.165, 1.54) is 17.4 Å². The van der Waals surface area contributed by atoms with E-state index in [-0.39, 0.29) is 5.91 Å². The van der Waals surface area contributed by atoms with Crippen LogP contribution in [0.1, 0.15) is 32.6 Å². The van der Waals surface area contributed by atoms with Crippen LogP contribution in [-0.2, 0) is 14.3 Å². The van der Waals surface area contributed by atoms with Gasteiger partial charge in [0.25, 0.3) is 0 Å². The first-order valence-corrected chi connectivity index (χ1v) is 7.33. The number of carbonyl (C=O) groups is 2. The van der Waals surface area contributed by atoms with Crippen LogP contribution in [0.2, 0.25) is 4.34 Å². The van der Waals surface area contributed by atoms with Crippen molar-refractivity contribution in [1.82, 2.24) is 5.32 Å². The minimum atomic E-state index is -0.696. The van der Waals surface area contributed by atoms with Gasteiger partial charge in [-0.2, -0.15) is 0 Å². The number of amides is 1. The molecule has 0 aliphatic carbocycles. The van der Waals surface area contributed by atoms with Gasteiger partial charge in [0, 0.05) is 11.0 Å². The maximum Gasteiger partial charge on any atom is 0.328 e. The Morgan fingerprint density at radius 2 is 2.05 bits per heavy atom. The third-order valence-corrected chi connectivity index (χ3v) is 3.31. The molecule has 0 aliphatic heterocycles. The first-order valence-electron chi connectivity index (χ1n) is 6.14. The second-order valence-corrected chi connectivity index (χ2v) is 6.99. The van der Waals surface area contributed by atoms with Crippen LogP contribution in [-0.4, -0.2) is 23.5 Å². The number of halogens is 1. The fourth-order valence-corrected chi connectivity index (χ4v) is 2.25. The smallest absolute Gasteiger partial charge is 0.328 e. The molecule has 0 spiro atoms. The van der Waals surface area contributed by atoms with Crippen LogP contribution in [0, 0.1) is 0 Å². The van der Waals surface area contributed by atoms with Gasteiger partial charge in [-0.15, -0.1) is 11.3 Å². The number of hydrogen-bond acceptors (Lipinski definition) is 4. The molecule has 0 bridgehead atoms. The Balaban J connectivity index is 2.49. The van der Waals surface area contributed by atoms with Crippen LogP contribution in [0.5, 0.6) is 0 Å². The quantitative estimate of drug-likeness (QED) is 0.685. The number of esters is 1. The Labute approximate surface area is 127 Å². The van der Waals surface area contributed by atoms with Crippen LogP contribution >= 0.6 is 22.9 Å². The van der Waals surface area contributed by atoms with E-state index in [4.69, 9.17) is 16.3 Å². The van der Waals surface area contributed by atoms with Crippen molar-refractivity contribution in [2.45, 2.75) is 39.3 Å². The third-order valence-electron chi connectivity index (χ3n) is 2.11. The third kappa shape index (κ3) is 6.21. The van der Waals surface area contributed by atoms with E-state index in [9.17, 15) is 9.59 Å². The largest absolute Gasteiger partial charge is 0.458 e. The molecule has 0 radical (unpaired) electrons. The summed E-state index contributed by atoms with van der Waals surface area (Å²) >= 11 is 7.16. The van der Waals surface area contributed by atoms with E-state index in [2.05, 4.69) is 5.32 Å². The lowest BCUT2D eigenvalue weighted by Crippen LogP contribution is -2.41. The zero-order valence-corrected chi connectivity index (χ0v) is 13.5. The van der Waals surface area contributed by atoms with Crippen molar-refractivity contribution in [3.05, 3.63) is 27.4 Å². The fraction of sp³-hybridized carbons (Fsp3) is 0.429. The Bertz CT molecular complexity index is 517. The number of ether oxygens (including phenoxy) is 1. The van der Waals surface area contributed by atoms with Crippen molar-refractivity contribution < 1.29 is 14.3 Å². The van der Waals surface area contributed by atoms with E-state index in [0.29, 0.717) is 4.34 Å². The molecule has 1 rings (SSSR count). The number of rotatable bonds is 4. The summed E-state index contributed by atoms with van der Waals surface area (Å²) in [5.41, 5.74) is -0.570. The molecule has 0 fully saturated rings. The van der Waals surface area contributed by atoms with Gasteiger partial charge in [0.1, 0.15) is 11.6 Å². The molecule has 1 N–H and O–H groups in total. The van der Waals surface area contributed by atoms with Crippen molar-refractivity contribution in [2.75, 3.05) is 0 Å². The van der Waals surface area contributed by atoms with E-state index in [1.807, 2.05) is 6.07 Å². The number of hydrogen-bond donors (Lipinski definition) is 1. The van der Waals surface area contributed by atoms with Crippen molar-refractivity contribution in [2.24, 2.45) is 0 Å². The molecule has 1 atom stereocenters. The molecule has 4 nitrogen and oxygen atoms in total. The van der Waals surface area contributed by atoms with Crippen LogP contribution in [0.3, 0.4) is 0 Å². The van der Waals surface area contributed by atoms with E-state index >= 15 is 0 Å². The summed E-state index contributed by atoms with van der Waals surface area (Å²) in [5.74, 6) is -0.814. The Morgan fingerprint density at radius 1 is 1.40 bits per heavy atom. The predicted octanol–water partition coefficient (Wildman–Crippen LogP) is 3.26. The second-order valence-electron chi connectivity index (χ2n) is 5.24. The molecule has 0 aromatic carbocycles. The zero-order chi connectivity index (χ0) is 15.3.